The van der Waals surface area contributed by atoms with Crippen LogP contribution in [0.25, 0.3) is 0 Å². The first-order valence-electron chi connectivity index (χ1n) is 4.50. The zero-order chi connectivity index (χ0) is 11.9. The Morgan fingerprint density at radius 2 is 2.19 bits per heavy atom. The number of anilines is 1. The fourth-order valence-electron chi connectivity index (χ4n) is 1.39. The van der Waals surface area contributed by atoms with Gasteiger partial charge in [-0.25, -0.2) is 13.4 Å². The third-order valence-corrected chi connectivity index (χ3v) is 4.59. The number of β-amino-alcohol motifs (C(OH)–C–C–N with tert-alkyl or cyclic N) is 1. The van der Waals surface area contributed by atoms with Gasteiger partial charge in [-0.1, -0.05) is 0 Å². The van der Waals surface area contributed by atoms with Crippen LogP contribution in [0.1, 0.15) is 0 Å². The number of aliphatic hydroxyl groups is 1. The van der Waals surface area contributed by atoms with Gasteiger partial charge in [0.05, 0.1) is 6.10 Å². The number of nitrogen functional groups attached to an aromatic ring is 1. The molecule has 0 unspecified atom stereocenters. The second-order valence-electron chi connectivity index (χ2n) is 3.51. The summed E-state index contributed by atoms with van der Waals surface area (Å²) in [6.07, 6.45) is 0.843. The van der Waals surface area contributed by atoms with Crippen molar-refractivity contribution >= 4 is 31.8 Å². The Balaban J connectivity index is 2.40. The Hall–Kier alpha value is -0.700. The minimum Gasteiger partial charge on any atom is -0.390 e. The minimum absolute atomic E-state index is 0.0335. The van der Waals surface area contributed by atoms with E-state index in [9.17, 15) is 8.42 Å². The molecule has 0 aliphatic carbocycles. The van der Waals surface area contributed by atoms with E-state index in [-0.39, 0.29) is 23.8 Å². The van der Waals surface area contributed by atoms with E-state index in [4.69, 9.17) is 10.8 Å². The van der Waals surface area contributed by atoms with Crippen molar-refractivity contribution in [3.8, 4) is 0 Å². The van der Waals surface area contributed by atoms with Crippen LogP contribution in [0.2, 0.25) is 0 Å². The summed E-state index contributed by atoms with van der Waals surface area (Å²) >= 11 is 3.14. The topological polar surface area (TPSA) is 96.5 Å². The lowest BCUT2D eigenvalue weighted by atomic mass is 10.2. The number of hydrogen-bond acceptors (Lipinski definition) is 5. The molecule has 0 radical (unpaired) electrons. The molecule has 2 rings (SSSR count). The number of halogens is 1. The second-order valence-corrected chi connectivity index (χ2v) is 6.33. The van der Waals surface area contributed by atoms with Gasteiger partial charge in [-0.05, 0) is 22.0 Å². The van der Waals surface area contributed by atoms with Gasteiger partial charge in [-0.2, -0.15) is 4.31 Å². The quantitative estimate of drug-likeness (QED) is 0.788. The Kier molecular flexibility index (Phi) is 2.91. The predicted molar refractivity (Wildman–Crippen MR) is 61.1 cm³/mol. The molecular formula is C8H10BrN3O3S. The Morgan fingerprint density at radius 1 is 1.56 bits per heavy atom. The highest BCUT2D eigenvalue weighted by Crippen LogP contribution is 2.26. The molecule has 1 aromatic rings. The molecule has 0 atom stereocenters. The zero-order valence-corrected chi connectivity index (χ0v) is 10.6. The average molecular weight is 308 g/mol. The van der Waals surface area contributed by atoms with E-state index in [2.05, 4.69) is 20.9 Å². The molecule has 1 fully saturated rings. The summed E-state index contributed by atoms with van der Waals surface area (Å²) < 4.78 is 25.7. The van der Waals surface area contributed by atoms with Crippen molar-refractivity contribution in [3.05, 3.63) is 16.7 Å². The first-order valence-corrected chi connectivity index (χ1v) is 6.74. The van der Waals surface area contributed by atoms with E-state index in [0.717, 1.165) is 4.31 Å². The van der Waals surface area contributed by atoms with Gasteiger partial charge >= 0.3 is 0 Å². The SMILES string of the molecule is Nc1ncc(Br)cc1S(=O)(=O)N1CC(O)C1. The second kappa shape index (κ2) is 3.95. The van der Waals surface area contributed by atoms with Crippen molar-refractivity contribution < 1.29 is 13.5 Å². The van der Waals surface area contributed by atoms with Crippen molar-refractivity contribution in [1.29, 1.82) is 0 Å². The van der Waals surface area contributed by atoms with Crippen molar-refractivity contribution in [1.82, 2.24) is 9.29 Å². The van der Waals surface area contributed by atoms with E-state index in [0.29, 0.717) is 4.47 Å². The number of aliphatic hydroxyl groups excluding tert-OH is 1. The third-order valence-electron chi connectivity index (χ3n) is 2.29. The standard InChI is InChI=1S/C8H10BrN3O3S/c9-5-1-7(8(10)11-2-5)16(14,15)12-3-6(13)4-12/h1-2,6,13H,3-4H2,(H2,10,11). The minimum atomic E-state index is -3.63. The normalized spacial score (nSPS) is 18.4. The van der Waals surface area contributed by atoms with Crippen LogP contribution in [0.15, 0.2) is 21.6 Å². The lowest BCUT2D eigenvalue weighted by Crippen LogP contribution is -2.53. The average Bonchev–Trinajstić information content (AvgIpc) is 2.16. The number of rotatable bonds is 2. The van der Waals surface area contributed by atoms with Gasteiger partial charge < -0.3 is 10.8 Å². The lowest BCUT2D eigenvalue weighted by Gasteiger charge is -2.34. The molecule has 1 aliphatic heterocycles. The van der Waals surface area contributed by atoms with E-state index in [1.807, 2.05) is 0 Å². The zero-order valence-electron chi connectivity index (χ0n) is 8.17. The summed E-state index contributed by atoms with van der Waals surface area (Å²) in [5.74, 6) is -0.0374. The molecule has 88 valence electrons. The maximum absolute atomic E-state index is 12.0. The van der Waals surface area contributed by atoms with Crippen LogP contribution < -0.4 is 5.73 Å². The molecule has 6 nitrogen and oxygen atoms in total. The molecule has 0 saturated carbocycles. The maximum Gasteiger partial charge on any atom is 0.246 e. The smallest absolute Gasteiger partial charge is 0.246 e. The summed E-state index contributed by atoms with van der Waals surface area (Å²) in [7, 11) is -3.63. The number of hydrogen-bond donors (Lipinski definition) is 2. The molecule has 0 spiro atoms. The van der Waals surface area contributed by atoms with Crippen LogP contribution in [0.5, 0.6) is 0 Å². The summed E-state index contributed by atoms with van der Waals surface area (Å²) in [5.41, 5.74) is 5.53. The Labute approximate surface area is 101 Å². The summed E-state index contributed by atoms with van der Waals surface area (Å²) in [6, 6.07) is 1.41. The summed E-state index contributed by atoms with van der Waals surface area (Å²) in [6.45, 7) is 0.211. The predicted octanol–water partition coefficient (Wildman–Crippen LogP) is -0.209. The molecule has 2 heterocycles. The van der Waals surface area contributed by atoms with Crippen LogP contribution in [0, 0.1) is 0 Å². The van der Waals surface area contributed by atoms with Crippen LogP contribution in [-0.4, -0.2) is 42.0 Å². The van der Waals surface area contributed by atoms with Gasteiger partial charge in [-0.15, -0.1) is 0 Å². The highest BCUT2D eigenvalue weighted by molar-refractivity contribution is 9.10. The lowest BCUT2D eigenvalue weighted by molar-refractivity contribution is 0.0548. The molecular weight excluding hydrogens is 298 g/mol. The number of sulfonamides is 1. The molecule has 16 heavy (non-hydrogen) atoms. The fourth-order valence-corrected chi connectivity index (χ4v) is 3.48. The van der Waals surface area contributed by atoms with Gasteiger partial charge in [0.25, 0.3) is 0 Å². The van der Waals surface area contributed by atoms with Crippen molar-refractivity contribution in [2.45, 2.75) is 11.0 Å². The largest absolute Gasteiger partial charge is 0.390 e. The molecule has 1 saturated heterocycles. The molecule has 3 N–H and O–H groups in total. The van der Waals surface area contributed by atoms with Gasteiger partial charge in [0.1, 0.15) is 10.7 Å². The third kappa shape index (κ3) is 1.93. The van der Waals surface area contributed by atoms with E-state index in [1.54, 1.807) is 0 Å². The molecule has 0 bridgehead atoms. The highest BCUT2D eigenvalue weighted by atomic mass is 79.9. The van der Waals surface area contributed by atoms with Crippen molar-refractivity contribution in [3.63, 3.8) is 0 Å². The molecule has 1 aromatic heterocycles. The number of aromatic nitrogens is 1. The highest BCUT2D eigenvalue weighted by Gasteiger charge is 2.36. The van der Waals surface area contributed by atoms with Crippen molar-refractivity contribution in [2.75, 3.05) is 18.8 Å². The van der Waals surface area contributed by atoms with Crippen LogP contribution in [0.3, 0.4) is 0 Å². The van der Waals surface area contributed by atoms with Gasteiger partial charge in [-0.3, -0.25) is 0 Å². The van der Waals surface area contributed by atoms with Gasteiger partial charge in [0.15, 0.2) is 0 Å². The van der Waals surface area contributed by atoms with Crippen LogP contribution >= 0.6 is 15.9 Å². The van der Waals surface area contributed by atoms with E-state index < -0.39 is 16.1 Å². The van der Waals surface area contributed by atoms with Crippen molar-refractivity contribution in [2.24, 2.45) is 0 Å². The molecule has 0 aromatic carbocycles. The first kappa shape index (κ1) is 11.8. The monoisotopic (exact) mass is 307 g/mol. The van der Waals surface area contributed by atoms with Crippen LogP contribution in [0.4, 0.5) is 5.82 Å². The van der Waals surface area contributed by atoms with Gasteiger partial charge in [0, 0.05) is 23.8 Å². The molecule has 0 amide bonds. The van der Waals surface area contributed by atoms with Gasteiger partial charge in [0.2, 0.25) is 10.0 Å². The number of pyridine rings is 1. The van der Waals surface area contributed by atoms with Crippen LogP contribution in [-0.2, 0) is 10.0 Å². The number of nitrogens with zero attached hydrogens (tertiary/aromatic N) is 2. The molecule has 1 aliphatic rings. The summed E-state index contributed by atoms with van der Waals surface area (Å²) in [4.78, 5) is 3.73. The summed E-state index contributed by atoms with van der Waals surface area (Å²) in [5, 5.41) is 9.09. The Bertz CT molecular complexity index is 513. The number of nitrogens with two attached hydrogens (primary N) is 1. The Morgan fingerprint density at radius 3 is 2.75 bits per heavy atom. The maximum atomic E-state index is 12.0. The van der Waals surface area contributed by atoms with E-state index >= 15 is 0 Å². The van der Waals surface area contributed by atoms with E-state index in [1.165, 1.54) is 12.3 Å². The fraction of sp³-hybridized carbons (Fsp3) is 0.375. The first-order chi connectivity index (χ1) is 7.41. The molecule has 8 heteroatoms.